The Bertz CT molecular complexity index is 1150. The summed E-state index contributed by atoms with van der Waals surface area (Å²) in [5.74, 6) is 0.925. The van der Waals surface area contributed by atoms with Gasteiger partial charge in [-0.15, -0.1) is 11.3 Å². The number of thiophene rings is 1. The van der Waals surface area contributed by atoms with Gasteiger partial charge in [-0.1, -0.05) is 0 Å². The van der Waals surface area contributed by atoms with Gasteiger partial charge >= 0.3 is 0 Å². The van der Waals surface area contributed by atoms with E-state index < -0.39 is 0 Å². The van der Waals surface area contributed by atoms with Crippen molar-refractivity contribution in [2.24, 2.45) is 0 Å². The third-order valence-electron chi connectivity index (χ3n) is 5.16. The van der Waals surface area contributed by atoms with Gasteiger partial charge in [-0.2, -0.15) is 5.26 Å². The fraction of sp³-hybridized carbons (Fsp3) is 0.250. The number of hydrogen-bond acceptors (Lipinski definition) is 8. The van der Waals surface area contributed by atoms with Crippen LogP contribution in [0.3, 0.4) is 0 Å². The van der Waals surface area contributed by atoms with E-state index in [9.17, 15) is 10.1 Å². The van der Waals surface area contributed by atoms with E-state index >= 15 is 0 Å². The summed E-state index contributed by atoms with van der Waals surface area (Å²) in [6.07, 6.45) is 0. The third-order valence-corrected chi connectivity index (χ3v) is 6.28. The van der Waals surface area contributed by atoms with Crippen molar-refractivity contribution in [3.8, 4) is 17.6 Å². The first-order valence-corrected chi connectivity index (χ1v) is 11.0. The second kappa shape index (κ2) is 10.1. The zero-order valence-electron chi connectivity index (χ0n) is 18.6. The molecule has 0 saturated heterocycles. The second-order valence-corrected chi connectivity index (χ2v) is 7.92. The topological polar surface area (TPSA) is 101 Å². The van der Waals surface area contributed by atoms with Gasteiger partial charge in [0.1, 0.15) is 21.5 Å². The molecule has 3 aromatic rings. The SMILES string of the molecule is CCN(CC)c1ccc(C(=O)c2sc(Nc3ccc(OC)c(OC)c3)c(C#N)c2N)cc1. The third kappa shape index (κ3) is 4.48. The standard InChI is InChI=1S/C24H26N4O3S/c1-5-28(6-2)17-10-7-15(8-11-17)22(29)23-21(26)18(14-25)24(32-23)27-16-9-12-19(30-3)20(13-16)31-4/h7-13,27H,5-6,26H2,1-4H3. The van der Waals surface area contributed by atoms with Crippen molar-refractivity contribution < 1.29 is 14.3 Å². The number of rotatable bonds is 9. The summed E-state index contributed by atoms with van der Waals surface area (Å²) in [7, 11) is 3.11. The maximum atomic E-state index is 13.1. The number of hydrogen-bond donors (Lipinski definition) is 2. The highest BCUT2D eigenvalue weighted by Crippen LogP contribution is 2.39. The van der Waals surface area contributed by atoms with Crippen molar-refractivity contribution in [2.45, 2.75) is 13.8 Å². The Morgan fingerprint density at radius 3 is 2.31 bits per heavy atom. The van der Waals surface area contributed by atoms with Crippen LogP contribution < -0.4 is 25.4 Å². The molecule has 0 aliphatic heterocycles. The van der Waals surface area contributed by atoms with Gasteiger partial charge in [0.05, 0.1) is 19.9 Å². The molecule has 8 heteroatoms. The van der Waals surface area contributed by atoms with E-state index in [0.29, 0.717) is 32.6 Å². The Morgan fingerprint density at radius 1 is 1.09 bits per heavy atom. The summed E-state index contributed by atoms with van der Waals surface area (Å²) in [5.41, 5.74) is 8.89. The molecule has 166 valence electrons. The fourth-order valence-electron chi connectivity index (χ4n) is 3.40. The lowest BCUT2D eigenvalue weighted by Gasteiger charge is -2.20. The molecule has 0 aliphatic rings. The van der Waals surface area contributed by atoms with Gasteiger partial charge < -0.3 is 25.4 Å². The number of carbonyl (C=O) groups excluding carboxylic acids is 1. The van der Waals surface area contributed by atoms with Crippen LogP contribution >= 0.6 is 11.3 Å². The summed E-state index contributed by atoms with van der Waals surface area (Å²) in [5, 5.41) is 13.3. The maximum Gasteiger partial charge on any atom is 0.205 e. The van der Waals surface area contributed by atoms with E-state index in [1.165, 1.54) is 0 Å². The zero-order chi connectivity index (χ0) is 23.3. The van der Waals surface area contributed by atoms with E-state index in [-0.39, 0.29) is 17.0 Å². The number of ether oxygens (including phenoxy) is 2. The van der Waals surface area contributed by atoms with Gasteiger partial charge in [-0.05, 0) is 50.2 Å². The number of nitrogens with one attached hydrogen (secondary N) is 1. The van der Waals surface area contributed by atoms with Gasteiger partial charge in [0, 0.05) is 36.1 Å². The number of anilines is 4. The summed E-state index contributed by atoms with van der Waals surface area (Å²) in [6.45, 7) is 5.95. The van der Waals surface area contributed by atoms with E-state index in [1.54, 1.807) is 44.6 Å². The smallest absolute Gasteiger partial charge is 0.205 e. The number of nitrogens with two attached hydrogens (primary N) is 1. The Balaban J connectivity index is 1.91. The largest absolute Gasteiger partial charge is 0.493 e. The molecule has 0 fully saturated rings. The lowest BCUT2D eigenvalue weighted by atomic mass is 10.1. The predicted octanol–water partition coefficient (Wildman–Crippen LogP) is 5.04. The minimum atomic E-state index is -0.213. The number of ketones is 1. The van der Waals surface area contributed by atoms with Crippen molar-refractivity contribution in [3.63, 3.8) is 0 Å². The molecule has 3 rings (SSSR count). The summed E-state index contributed by atoms with van der Waals surface area (Å²) < 4.78 is 10.6. The lowest BCUT2D eigenvalue weighted by Crippen LogP contribution is -2.21. The Labute approximate surface area is 192 Å². The van der Waals surface area contributed by atoms with Gasteiger partial charge in [-0.25, -0.2) is 0 Å². The number of nitrogen functional groups attached to an aromatic ring is 1. The van der Waals surface area contributed by atoms with Crippen molar-refractivity contribution in [1.29, 1.82) is 5.26 Å². The molecule has 3 N–H and O–H groups in total. The Hall–Kier alpha value is -3.70. The molecular formula is C24H26N4O3S. The van der Waals surface area contributed by atoms with E-state index in [1.807, 2.05) is 12.1 Å². The monoisotopic (exact) mass is 450 g/mol. The van der Waals surface area contributed by atoms with Crippen LogP contribution in [-0.2, 0) is 0 Å². The van der Waals surface area contributed by atoms with Crippen LogP contribution in [0.1, 0.15) is 34.6 Å². The van der Waals surface area contributed by atoms with Crippen LogP contribution in [-0.4, -0.2) is 33.1 Å². The zero-order valence-corrected chi connectivity index (χ0v) is 19.4. The highest BCUT2D eigenvalue weighted by molar-refractivity contribution is 7.19. The normalized spacial score (nSPS) is 10.3. The van der Waals surface area contributed by atoms with Gasteiger partial charge in [-0.3, -0.25) is 4.79 Å². The van der Waals surface area contributed by atoms with Crippen molar-refractivity contribution in [3.05, 3.63) is 58.5 Å². The molecule has 0 amide bonds. The number of nitriles is 1. The molecule has 0 atom stereocenters. The van der Waals surface area contributed by atoms with Gasteiger partial charge in [0.2, 0.25) is 5.78 Å². The average molecular weight is 451 g/mol. The van der Waals surface area contributed by atoms with Crippen molar-refractivity contribution in [2.75, 3.05) is 43.3 Å². The first kappa shape index (κ1) is 23.0. The number of methoxy groups -OCH3 is 2. The van der Waals surface area contributed by atoms with Crippen LogP contribution in [0.2, 0.25) is 0 Å². The van der Waals surface area contributed by atoms with E-state index in [2.05, 4.69) is 30.1 Å². The Morgan fingerprint density at radius 2 is 1.75 bits per heavy atom. The highest BCUT2D eigenvalue weighted by Gasteiger charge is 2.23. The number of carbonyl (C=O) groups is 1. The molecule has 7 nitrogen and oxygen atoms in total. The molecule has 0 saturated carbocycles. The maximum absolute atomic E-state index is 13.1. The minimum absolute atomic E-state index is 0.179. The van der Waals surface area contributed by atoms with Crippen molar-refractivity contribution >= 4 is 39.2 Å². The average Bonchev–Trinajstić information content (AvgIpc) is 3.14. The number of benzene rings is 2. The van der Waals surface area contributed by atoms with Crippen LogP contribution in [0.4, 0.5) is 22.1 Å². The fourth-order valence-corrected chi connectivity index (χ4v) is 4.45. The number of nitrogens with zero attached hydrogens (tertiary/aromatic N) is 2. The highest BCUT2D eigenvalue weighted by atomic mass is 32.1. The summed E-state index contributed by atoms with van der Waals surface area (Å²) in [4.78, 5) is 15.7. The quantitative estimate of drug-likeness (QED) is 0.440. The predicted molar refractivity (Wildman–Crippen MR) is 130 cm³/mol. The molecule has 1 heterocycles. The van der Waals surface area contributed by atoms with Crippen molar-refractivity contribution in [1.82, 2.24) is 0 Å². The minimum Gasteiger partial charge on any atom is -0.493 e. The molecule has 0 radical (unpaired) electrons. The van der Waals surface area contributed by atoms with Gasteiger partial charge in [0.25, 0.3) is 0 Å². The molecule has 32 heavy (non-hydrogen) atoms. The molecule has 0 aliphatic carbocycles. The van der Waals surface area contributed by atoms with Crippen LogP contribution in [0.15, 0.2) is 42.5 Å². The lowest BCUT2D eigenvalue weighted by molar-refractivity contribution is 0.104. The second-order valence-electron chi connectivity index (χ2n) is 6.90. The van der Waals surface area contributed by atoms with E-state index in [0.717, 1.165) is 30.1 Å². The van der Waals surface area contributed by atoms with Gasteiger partial charge in [0.15, 0.2) is 11.5 Å². The molecular weight excluding hydrogens is 424 g/mol. The van der Waals surface area contributed by atoms with Crippen LogP contribution in [0.5, 0.6) is 11.5 Å². The molecule has 1 aromatic heterocycles. The first-order valence-electron chi connectivity index (χ1n) is 10.2. The molecule has 0 unspecified atom stereocenters. The van der Waals surface area contributed by atoms with E-state index in [4.69, 9.17) is 15.2 Å². The van der Waals surface area contributed by atoms with Crippen LogP contribution in [0.25, 0.3) is 0 Å². The Kier molecular flexibility index (Phi) is 7.23. The first-order chi connectivity index (χ1) is 15.5. The summed E-state index contributed by atoms with van der Waals surface area (Å²) >= 11 is 1.16. The van der Waals surface area contributed by atoms with Crippen LogP contribution in [0, 0.1) is 11.3 Å². The molecule has 0 spiro atoms. The summed E-state index contributed by atoms with van der Waals surface area (Å²) in [6, 6.07) is 14.9. The molecule has 2 aromatic carbocycles. The molecule has 0 bridgehead atoms.